The van der Waals surface area contributed by atoms with Crippen LogP contribution in [0.3, 0.4) is 0 Å². The predicted molar refractivity (Wildman–Crippen MR) is 103 cm³/mol. The van der Waals surface area contributed by atoms with Gasteiger partial charge in [-0.25, -0.2) is 13.7 Å². The van der Waals surface area contributed by atoms with Crippen LogP contribution in [-0.4, -0.2) is 21.5 Å². The van der Waals surface area contributed by atoms with Crippen molar-refractivity contribution in [3.05, 3.63) is 35.4 Å². The maximum Gasteiger partial charge on any atom is 0.338 e. The Morgan fingerprint density at radius 1 is 1.28 bits per heavy atom. The summed E-state index contributed by atoms with van der Waals surface area (Å²) in [5, 5.41) is 0. The lowest BCUT2D eigenvalue weighted by Crippen LogP contribution is -2.36. The van der Waals surface area contributed by atoms with E-state index in [1.807, 2.05) is 32.9 Å². The molecule has 1 aliphatic rings. The Labute approximate surface area is 154 Å². The smallest absolute Gasteiger partial charge is 0.338 e. The summed E-state index contributed by atoms with van der Waals surface area (Å²) in [5.74, 6) is -0.303. The summed E-state index contributed by atoms with van der Waals surface area (Å²) in [5.41, 5.74) is 2.07. The third kappa shape index (κ3) is 5.93. The van der Waals surface area contributed by atoms with Gasteiger partial charge in [-0.3, -0.25) is 0 Å². The van der Waals surface area contributed by atoms with E-state index in [-0.39, 0.29) is 16.8 Å². The summed E-state index contributed by atoms with van der Waals surface area (Å²) in [6.45, 7) is 10.4. The average molecular weight is 366 g/mol. The fourth-order valence-electron chi connectivity index (χ4n) is 2.62. The van der Waals surface area contributed by atoms with Crippen molar-refractivity contribution in [3.8, 4) is 0 Å². The first-order valence-corrected chi connectivity index (χ1v) is 10.2. The van der Waals surface area contributed by atoms with Crippen molar-refractivity contribution in [1.82, 2.24) is 4.72 Å². The molecule has 0 aliphatic heterocycles. The van der Waals surface area contributed by atoms with Gasteiger partial charge in [-0.2, -0.15) is 0 Å². The van der Waals surface area contributed by atoms with Gasteiger partial charge in [0.1, 0.15) is 0 Å². The van der Waals surface area contributed by atoms with E-state index in [0.717, 1.165) is 18.4 Å². The molecule has 0 heterocycles. The lowest BCUT2D eigenvalue weighted by molar-refractivity contribution is 0.0526. The van der Waals surface area contributed by atoms with Crippen molar-refractivity contribution in [2.75, 3.05) is 6.61 Å². The highest BCUT2D eigenvalue weighted by Crippen LogP contribution is 2.50. The molecule has 140 valence electrons. The first-order valence-electron chi connectivity index (χ1n) is 9.10. The van der Waals surface area contributed by atoms with Crippen molar-refractivity contribution in [2.45, 2.75) is 71.1 Å². The second-order valence-electron chi connectivity index (χ2n) is 8.24. The molecule has 0 radical (unpaired) electrons. The van der Waals surface area contributed by atoms with Gasteiger partial charge in [0, 0.05) is 6.04 Å². The molecule has 2 atom stereocenters. The van der Waals surface area contributed by atoms with Crippen molar-refractivity contribution in [1.29, 1.82) is 0 Å². The Hall–Kier alpha value is -1.20. The molecule has 0 amide bonds. The van der Waals surface area contributed by atoms with Crippen LogP contribution >= 0.6 is 0 Å². The summed E-state index contributed by atoms with van der Waals surface area (Å²) in [6, 6.07) is 7.49. The SMILES string of the molecule is CCOC(=O)c1ccc(C(CCC2(C)CC2)NS(=O)C(C)(C)C)cc1. The molecule has 4 nitrogen and oxygen atoms in total. The molecular weight excluding hydrogens is 334 g/mol. The van der Waals surface area contributed by atoms with E-state index in [2.05, 4.69) is 11.6 Å². The van der Waals surface area contributed by atoms with Crippen LogP contribution in [0.4, 0.5) is 0 Å². The van der Waals surface area contributed by atoms with E-state index < -0.39 is 11.0 Å². The number of esters is 1. The van der Waals surface area contributed by atoms with Gasteiger partial charge in [0.15, 0.2) is 0 Å². The number of carbonyl (C=O) groups is 1. The number of ether oxygens (including phenoxy) is 1. The maximum absolute atomic E-state index is 12.6. The van der Waals surface area contributed by atoms with Gasteiger partial charge in [0.2, 0.25) is 0 Å². The largest absolute Gasteiger partial charge is 0.462 e. The highest BCUT2D eigenvalue weighted by molar-refractivity contribution is 7.84. The summed E-state index contributed by atoms with van der Waals surface area (Å²) < 4.78 is 20.6. The Morgan fingerprint density at radius 2 is 1.88 bits per heavy atom. The van der Waals surface area contributed by atoms with Crippen molar-refractivity contribution in [3.63, 3.8) is 0 Å². The molecule has 0 bridgehead atoms. The molecule has 1 N–H and O–H groups in total. The molecule has 2 unspecified atom stereocenters. The van der Waals surface area contributed by atoms with Crippen LogP contribution in [-0.2, 0) is 15.7 Å². The van der Waals surface area contributed by atoms with Crippen molar-refractivity contribution < 1.29 is 13.7 Å². The lowest BCUT2D eigenvalue weighted by Gasteiger charge is -2.25. The molecule has 0 saturated heterocycles. The number of benzene rings is 1. The van der Waals surface area contributed by atoms with E-state index in [1.54, 1.807) is 19.1 Å². The van der Waals surface area contributed by atoms with E-state index in [1.165, 1.54) is 12.8 Å². The minimum Gasteiger partial charge on any atom is -0.462 e. The molecule has 1 aromatic carbocycles. The topological polar surface area (TPSA) is 55.4 Å². The number of hydrogen-bond donors (Lipinski definition) is 1. The van der Waals surface area contributed by atoms with Crippen molar-refractivity contribution >= 4 is 17.0 Å². The highest BCUT2D eigenvalue weighted by Gasteiger charge is 2.37. The molecule has 1 aromatic rings. The third-order valence-electron chi connectivity index (χ3n) is 4.77. The Kier molecular flexibility index (Phi) is 6.44. The van der Waals surface area contributed by atoms with E-state index in [0.29, 0.717) is 17.6 Å². The Bertz CT molecular complexity index is 615. The maximum atomic E-state index is 12.6. The van der Waals surface area contributed by atoms with Crippen LogP contribution in [0, 0.1) is 5.41 Å². The summed E-state index contributed by atoms with van der Waals surface area (Å²) in [4.78, 5) is 11.8. The molecule has 5 heteroatoms. The first kappa shape index (κ1) is 20.1. The number of nitrogens with one attached hydrogen (secondary N) is 1. The Balaban J connectivity index is 2.12. The van der Waals surface area contributed by atoms with Gasteiger partial charge in [-0.1, -0.05) is 19.1 Å². The second-order valence-corrected chi connectivity index (χ2v) is 10.2. The Morgan fingerprint density at radius 3 is 2.36 bits per heavy atom. The average Bonchev–Trinajstić information content (AvgIpc) is 3.28. The molecule has 0 aromatic heterocycles. The van der Waals surface area contributed by atoms with Gasteiger partial charge in [0.25, 0.3) is 0 Å². The van der Waals surface area contributed by atoms with Crippen LogP contribution in [0.25, 0.3) is 0 Å². The zero-order valence-corrected chi connectivity index (χ0v) is 16.9. The zero-order chi connectivity index (χ0) is 18.7. The van der Waals surface area contributed by atoms with Crippen LogP contribution in [0.5, 0.6) is 0 Å². The summed E-state index contributed by atoms with van der Waals surface area (Å²) in [6.07, 6.45) is 4.62. The number of hydrogen-bond acceptors (Lipinski definition) is 3. The first-order chi connectivity index (χ1) is 11.6. The van der Waals surface area contributed by atoms with Crippen LogP contribution in [0.2, 0.25) is 0 Å². The van der Waals surface area contributed by atoms with Gasteiger partial charge in [-0.15, -0.1) is 0 Å². The fourth-order valence-corrected chi connectivity index (χ4v) is 3.49. The fraction of sp³-hybridized carbons (Fsp3) is 0.650. The minimum atomic E-state index is -1.13. The van der Waals surface area contributed by atoms with Crippen LogP contribution in [0.15, 0.2) is 24.3 Å². The number of carbonyl (C=O) groups excluding carboxylic acids is 1. The van der Waals surface area contributed by atoms with Gasteiger partial charge in [0.05, 0.1) is 27.9 Å². The zero-order valence-electron chi connectivity index (χ0n) is 16.1. The standard InChI is InChI=1S/C20H31NO3S/c1-6-24-18(22)16-9-7-15(8-10-16)17(11-12-20(5)13-14-20)21-25(23)19(2,3)4/h7-10,17,21H,6,11-14H2,1-5H3. The molecule has 25 heavy (non-hydrogen) atoms. The van der Waals surface area contributed by atoms with Crippen LogP contribution in [0.1, 0.15) is 82.3 Å². The molecule has 1 fully saturated rings. The van der Waals surface area contributed by atoms with E-state index in [4.69, 9.17) is 4.74 Å². The predicted octanol–water partition coefficient (Wildman–Crippen LogP) is 4.54. The molecule has 2 rings (SSSR count). The normalized spacial score (nSPS) is 18.4. The quantitative estimate of drug-likeness (QED) is 0.688. The van der Waals surface area contributed by atoms with Gasteiger partial charge < -0.3 is 4.74 Å². The highest BCUT2D eigenvalue weighted by atomic mass is 32.2. The third-order valence-corrected chi connectivity index (χ3v) is 6.38. The van der Waals surface area contributed by atoms with Gasteiger partial charge >= 0.3 is 5.97 Å². The van der Waals surface area contributed by atoms with Crippen molar-refractivity contribution in [2.24, 2.45) is 5.41 Å². The molecular formula is C20H31NO3S. The van der Waals surface area contributed by atoms with Gasteiger partial charge in [-0.05, 0) is 76.5 Å². The summed E-state index contributed by atoms with van der Waals surface area (Å²) >= 11 is 0. The monoisotopic (exact) mass is 365 g/mol. The van der Waals surface area contributed by atoms with E-state index in [9.17, 15) is 9.00 Å². The number of rotatable bonds is 8. The van der Waals surface area contributed by atoms with Crippen LogP contribution < -0.4 is 4.72 Å². The minimum absolute atomic E-state index is 0.0220. The summed E-state index contributed by atoms with van der Waals surface area (Å²) in [7, 11) is -1.13. The second kappa shape index (κ2) is 8.00. The molecule has 0 spiro atoms. The molecule has 1 aliphatic carbocycles. The van der Waals surface area contributed by atoms with E-state index >= 15 is 0 Å². The molecule has 1 saturated carbocycles. The lowest BCUT2D eigenvalue weighted by atomic mass is 9.95.